The lowest BCUT2D eigenvalue weighted by Gasteiger charge is -2.20. The molecule has 3 amide bonds. The molecule has 27 heavy (non-hydrogen) atoms. The summed E-state index contributed by atoms with van der Waals surface area (Å²) in [7, 11) is 5.56. The lowest BCUT2D eigenvalue weighted by molar-refractivity contribution is -0.153. The Kier molecular flexibility index (Phi) is 9.49. The van der Waals surface area contributed by atoms with Gasteiger partial charge in [0, 0.05) is 33.4 Å². The molecular weight excluding hydrogens is 368 g/mol. The molecule has 9 heteroatoms. The first kappa shape index (κ1) is 22.6. The average Bonchev–Trinajstić information content (AvgIpc) is 2.62. The number of hydrogen-bond donors (Lipinski definition) is 2. The van der Waals surface area contributed by atoms with Crippen LogP contribution in [0.2, 0.25) is 0 Å². The number of thioether (sulfide) groups is 1. The molecule has 1 aromatic carbocycles. The van der Waals surface area contributed by atoms with Gasteiger partial charge in [-0.2, -0.15) is 11.8 Å². The fraction of sp³-hybridized carbons (Fsp3) is 0.500. The van der Waals surface area contributed by atoms with Crippen LogP contribution < -0.4 is 16.0 Å². The number of primary amides is 1. The Hall–Kier alpha value is -2.42. The maximum Gasteiger partial charge on any atom is 0.329 e. The Morgan fingerprint density at radius 2 is 1.81 bits per heavy atom. The number of carbonyl (C=O) groups is 3. The van der Waals surface area contributed by atoms with E-state index in [1.54, 1.807) is 7.05 Å². The van der Waals surface area contributed by atoms with Crippen molar-refractivity contribution in [2.45, 2.75) is 19.0 Å². The summed E-state index contributed by atoms with van der Waals surface area (Å²) in [6.45, 7) is 0.0147. The van der Waals surface area contributed by atoms with Gasteiger partial charge in [-0.15, -0.1) is 0 Å². The topological polar surface area (TPSA) is 105 Å². The van der Waals surface area contributed by atoms with E-state index >= 15 is 0 Å². The van der Waals surface area contributed by atoms with Gasteiger partial charge in [-0.3, -0.25) is 4.79 Å². The van der Waals surface area contributed by atoms with Crippen LogP contribution in [0.5, 0.6) is 0 Å². The third-order valence-corrected chi connectivity index (χ3v) is 4.49. The van der Waals surface area contributed by atoms with Crippen LogP contribution in [0.3, 0.4) is 0 Å². The van der Waals surface area contributed by atoms with Crippen molar-refractivity contribution in [2.75, 3.05) is 44.7 Å². The van der Waals surface area contributed by atoms with Gasteiger partial charge in [0.15, 0.2) is 6.61 Å². The van der Waals surface area contributed by atoms with E-state index in [4.69, 9.17) is 10.5 Å². The molecule has 0 heterocycles. The van der Waals surface area contributed by atoms with Crippen molar-refractivity contribution in [3.63, 3.8) is 0 Å². The molecule has 1 atom stereocenters. The number of rotatable bonds is 10. The molecule has 8 nitrogen and oxygen atoms in total. The number of urea groups is 1. The van der Waals surface area contributed by atoms with Crippen LogP contribution in [0.25, 0.3) is 0 Å². The van der Waals surface area contributed by atoms with Crippen LogP contribution in [0.4, 0.5) is 10.5 Å². The number of carbonyl (C=O) groups excluding carboxylic acids is 3. The molecular formula is C18H28N4O4S. The number of nitrogens with zero attached hydrogens (tertiary/aromatic N) is 2. The summed E-state index contributed by atoms with van der Waals surface area (Å²) in [4.78, 5) is 38.8. The smallest absolute Gasteiger partial charge is 0.329 e. The zero-order valence-electron chi connectivity index (χ0n) is 16.2. The van der Waals surface area contributed by atoms with Crippen molar-refractivity contribution in [3.05, 3.63) is 29.8 Å². The number of likely N-dealkylation sites (N-methyl/N-ethyl adjacent to an activating group) is 1. The largest absolute Gasteiger partial charge is 0.454 e. The molecule has 0 aliphatic heterocycles. The molecule has 150 valence electrons. The predicted octanol–water partition coefficient (Wildman–Crippen LogP) is 1.04. The van der Waals surface area contributed by atoms with E-state index in [-0.39, 0.29) is 12.5 Å². The second-order valence-corrected chi connectivity index (χ2v) is 7.25. The summed E-state index contributed by atoms with van der Waals surface area (Å²) in [5, 5.41) is 2.34. The van der Waals surface area contributed by atoms with E-state index in [0.717, 1.165) is 11.3 Å². The Bertz CT molecular complexity index is 637. The van der Waals surface area contributed by atoms with Crippen molar-refractivity contribution in [3.8, 4) is 0 Å². The Morgan fingerprint density at radius 3 is 2.33 bits per heavy atom. The van der Waals surface area contributed by atoms with Gasteiger partial charge in [-0.05, 0) is 36.1 Å². The standard InChI is InChI=1S/C18H28N4O4S/c1-21(2)14-7-5-13(6-8-14)11-22(3)16(23)12-26-17(24)15(9-10-27-4)20-18(19)25/h5-8,15H,9-12H2,1-4H3,(H3,19,20,25)/t15-/m0/s1. The fourth-order valence-electron chi connectivity index (χ4n) is 2.26. The minimum atomic E-state index is -0.855. The molecule has 0 spiro atoms. The third-order valence-electron chi connectivity index (χ3n) is 3.85. The van der Waals surface area contributed by atoms with Gasteiger partial charge in [0.2, 0.25) is 0 Å². The lowest BCUT2D eigenvalue weighted by atomic mass is 10.2. The molecule has 3 N–H and O–H groups in total. The zero-order valence-corrected chi connectivity index (χ0v) is 17.0. The number of esters is 1. The molecule has 0 fully saturated rings. The number of hydrogen-bond acceptors (Lipinski definition) is 6. The van der Waals surface area contributed by atoms with E-state index < -0.39 is 18.0 Å². The quantitative estimate of drug-likeness (QED) is 0.573. The van der Waals surface area contributed by atoms with Gasteiger partial charge in [-0.25, -0.2) is 9.59 Å². The van der Waals surface area contributed by atoms with E-state index in [2.05, 4.69) is 5.32 Å². The van der Waals surface area contributed by atoms with Crippen molar-refractivity contribution >= 4 is 35.4 Å². The molecule has 0 aliphatic carbocycles. The molecule has 0 aliphatic rings. The lowest BCUT2D eigenvalue weighted by Crippen LogP contribution is -2.45. The number of nitrogens with one attached hydrogen (secondary N) is 1. The summed E-state index contributed by atoms with van der Waals surface area (Å²) in [6, 6.07) is 6.18. The molecule has 0 saturated carbocycles. The second-order valence-electron chi connectivity index (χ2n) is 6.26. The minimum absolute atomic E-state index is 0.331. The first-order valence-electron chi connectivity index (χ1n) is 8.46. The molecule has 0 bridgehead atoms. The monoisotopic (exact) mass is 396 g/mol. The van der Waals surface area contributed by atoms with Crippen molar-refractivity contribution in [1.29, 1.82) is 0 Å². The zero-order chi connectivity index (χ0) is 20.4. The summed E-state index contributed by atoms with van der Waals surface area (Å²) < 4.78 is 5.06. The first-order chi connectivity index (χ1) is 12.7. The Labute approximate surface area is 164 Å². The highest BCUT2D eigenvalue weighted by Crippen LogP contribution is 2.13. The summed E-state index contributed by atoms with van der Waals surface area (Å²) in [6.07, 6.45) is 2.27. The number of benzene rings is 1. The van der Waals surface area contributed by atoms with Gasteiger partial charge < -0.3 is 25.6 Å². The normalized spacial score (nSPS) is 11.4. The van der Waals surface area contributed by atoms with Gasteiger partial charge >= 0.3 is 12.0 Å². The second kappa shape index (κ2) is 11.3. The molecule has 1 aromatic rings. The minimum Gasteiger partial charge on any atom is -0.454 e. The van der Waals surface area contributed by atoms with Gasteiger partial charge in [0.1, 0.15) is 6.04 Å². The summed E-state index contributed by atoms with van der Waals surface area (Å²) in [5.41, 5.74) is 7.12. The van der Waals surface area contributed by atoms with Gasteiger partial charge in [-0.1, -0.05) is 12.1 Å². The molecule has 0 saturated heterocycles. The van der Waals surface area contributed by atoms with Crippen LogP contribution in [0.15, 0.2) is 24.3 Å². The molecule has 0 radical (unpaired) electrons. The van der Waals surface area contributed by atoms with Gasteiger partial charge in [0.25, 0.3) is 5.91 Å². The summed E-state index contributed by atoms with van der Waals surface area (Å²) >= 11 is 1.53. The van der Waals surface area contributed by atoms with E-state index in [1.807, 2.05) is 49.5 Å². The number of amides is 3. The third kappa shape index (κ3) is 8.21. The molecule has 0 unspecified atom stereocenters. The van der Waals surface area contributed by atoms with E-state index in [1.165, 1.54) is 16.7 Å². The average molecular weight is 397 g/mol. The van der Waals surface area contributed by atoms with Crippen molar-refractivity contribution < 1.29 is 19.1 Å². The number of anilines is 1. The SMILES string of the molecule is CSCC[C@H](NC(N)=O)C(=O)OCC(=O)N(C)Cc1ccc(N(C)C)cc1. The Balaban J connectivity index is 2.53. The highest BCUT2D eigenvalue weighted by Gasteiger charge is 2.22. The van der Waals surface area contributed by atoms with Crippen LogP contribution in [0.1, 0.15) is 12.0 Å². The number of nitrogens with two attached hydrogens (primary N) is 1. The number of ether oxygens (including phenoxy) is 1. The van der Waals surface area contributed by atoms with Gasteiger partial charge in [0.05, 0.1) is 0 Å². The first-order valence-corrected chi connectivity index (χ1v) is 9.85. The molecule has 1 rings (SSSR count). The van der Waals surface area contributed by atoms with Crippen molar-refractivity contribution in [2.24, 2.45) is 5.73 Å². The van der Waals surface area contributed by atoms with E-state index in [0.29, 0.717) is 18.7 Å². The maximum absolute atomic E-state index is 12.2. The predicted molar refractivity (Wildman–Crippen MR) is 108 cm³/mol. The van der Waals surface area contributed by atoms with Crippen LogP contribution in [-0.4, -0.2) is 68.6 Å². The fourth-order valence-corrected chi connectivity index (χ4v) is 2.73. The maximum atomic E-state index is 12.2. The summed E-state index contributed by atoms with van der Waals surface area (Å²) in [5.74, 6) is -0.348. The van der Waals surface area contributed by atoms with Crippen LogP contribution in [0, 0.1) is 0 Å². The van der Waals surface area contributed by atoms with Crippen molar-refractivity contribution in [1.82, 2.24) is 10.2 Å². The Morgan fingerprint density at radius 1 is 1.19 bits per heavy atom. The van der Waals surface area contributed by atoms with Crippen LogP contribution in [-0.2, 0) is 20.9 Å². The highest BCUT2D eigenvalue weighted by atomic mass is 32.2. The van der Waals surface area contributed by atoms with Crippen LogP contribution >= 0.6 is 11.8 Å². The highest BCUT2D eigenvalue weighted by molar-refractivity contribution is 7.98. The molecule has 0 aromatic heterocycles. The van der Waals surface area contributed by atoms with E-state index in [9.17, 15) is 14.4 Å².